The van der Waals surface area contributed by atoms with Crippen molar-refractivity contribution in [3.63, 3.8) is 0 Å². The number of nitrogens with zero attached hydrogens (tertiary/aromatic N) is 3. The monoisotopic (exact) mass is 535 g/mol. The minimum atomic E-state index is -4.53. The van der Waals surface area contributed by atoms with Crippen molar-refractivity contribution in [1.82, 2.24) is 10.2 Å². The summed E-state index contributed by atoms with van der Waals surface area (Å²) in [4.78, 5) is 32.1. The van der Waals surface area contributed by atoms with Crippen LogP contribution in [0.5, 0.6) is 0 Å². The molecule has 37 heavy (non-hydrogen) atoms. The van der Waals surface area contributed by atoms with Gasteiger partial charge in [-0.05, 0) is 61.4 Å². The SMILES string of the molecule is C=C(N=C(c1ccc(Cl)cc1)N(C(N)=O)c1ccc(C(F)(F)F)cc1)N1CCC(NC(=O)C(C)C)CC1. The average Bonchev–Trinajstić information content (AvgIpc) is 2.84. The Morgan fingerprint density at radius 3 is 2.16 bits per heavy atom. The van der Waals surface area contributed by atoms with Crippen LogP contribution in [0.1, 0.15) is 37.8 Å². The lowest BCUT2D eigenvalue weighted by atomic mass is 10.0. The zero-order valence-electron chi connectivity index (χ0n) is 20.6. The maximum Gasteiger partial charge on any atom is 0.416 e. The molecule has 0 atom stereocenters. The number of rotatable bonds is 6. The minimum absolute atomic E-state index is 0.00559. The molecule has 3 amide bonds. The normalized spacial score (nSPS) is 15.0. The molecule has 3 rings (SSSR count). The number of hydrogen-bond acceptors (Lipinski definition) is 4. The van der Waals surface area contributed by atoms with Gasteiger partial charge in [0.05, 0.1) is 11.3 Å². The van der Waals surface area contributed by atoms with Crippen LogP contribution in [0.3, 0.4) is 0 Å². The zero-order valence-corrected chi connectivity index (χ0v) is 21.3. The van der Waals surface area contributed by atoms with Crippen LogP contribution in [0.4, 0.5) is 23.7 Å². The fourth-order valence-corrected chi connectivity index (χ4v) is 3.96. The van der Waals surface area contributed by atoms with Gasteiger partial charge in [-0.2, -0.15) is 13.2 Å². The van der Waals surface area contributed by atoms with Crippen LogP contribution in [-0.2, 0) is 11.0 Å². The molecule has 0 aliphatic carbocycles. The first-order valence-electron chi connectivity index (χ1n) is 11.7. The largest absolute Gasteiger partial charge is 0.416 e. The number of primary amides is 1. The van der Waals surface area contributed by atoms with Gasteiger partial charge in [-0.1, -0.05) is 32.0 Å². The molecule has 3 N–H and O–H groups in total. The number of amidine groups is 1. The van der Waals surface area contributed by atoms with E-state index in [1.165, 1.54) is 0 Å². The fraction of sp³-hybridized carbons (Fsp3) is 0.346. The summed E-state index contributed by atoms with van der Waals surface area (Å²) < 4.78 is 39.2. The number of nitrogens with two attached hydrogens (primary N) is 1. The number of urea groups is 1. The Balaban J connectivity index is 1.91. The smallest absolute Gasteiger partial charge is 0.357 e. The Kier molecular flexibility index (Phi) is 8.85. The summed E-state index contributed by atoms with van der Waals surface area (Å²) in [6.45, 7) is 8.85. The molecule has 0 radical (unpaired) electrons. The van der Waals surface area contributed by atoms with E-state index in [0.717, 1.165) is 29.2 Å². The summed E-state index contributed by atoms with van der Waals surface area (Å²) >= 11 is 6.02. The van der Waals surface area contributed by atoms with Gasteiger partial charge in [0.2, 0.25) is 5.91 Å². The molecular formula is C26H29ClF3N5O2. The van der Waals surface area contributed by atoms with Crippen LogP contribution >= 0.6 is 11.6 Å². The van der Waals surface area contributed by atoms with Crippen LogP contribution in [0.2, 0.25) is 5.02 Å². The van der Waals surface area contributed by atoms with Crippen LogP contribution in [0.15, 0.2) is 65.9 Å². The number of benzene rings is 2. The molecule has 0 unspecified atom stereocenters. The standard InChI is InChI=1S/C26H29ClF3N5O2/c1-16(2)24(36)33-21-12-14-34(15-13-21)17(3)32-23(18-4-8-20(27)9-5-18)35(25(31)37)22-10-6-19(7-11-22)26(28,29)30/h4-11,16,21H,3,12-15H2,1-2H3,(H2,31,37)(H,33,36). The number of hydrogen-bond donors (Lipinski definition) is 2. The molecule has 198 valence electrons. The molecule has 2 aromatic rings. The van der Waals surface area contributed by atoms with Gasteiger partial charge in [0.1, 0.15) is 5.82 Å². The lowest BCUT2D eigenvalue weighted by Gasteiger charge is -2.34. The summed E-state index contributed by atoms with van der Waals surface area (Å²) in [7, 11) is 0. The summed E-state index contributed by atoms with van der Waals surface area (Å²) in [6, 6.07) is 9.61. The highest BCUT2D eigenvalue weighted by molar-refractivity contribution is 6.31. The second-order valence-corrected chi connectivity index (χ2v) is 9.44. The number of likely N-dealkylation sites (tertiary alicyclic amines) is 1. The van der Waals surface area contributed by atoms with Gasteiger partial charge in [0.25, 0.3) is 0 Å². The van der Waals surface area contributed by atoms with Gasteiger partial charge in [-0.25, -0.2) is 14.7 Å². The van der Waals surface area contributed by atoms with Crippen LogP contribution in [0, 0.1) is 5.92 Å². The molecule has 1 aliphatic heterocycles. The summed E-state index contributed by atoms with van der Waals surface area (Å²) in [6.07, 6.45) is -3.17. The van der Waals surface area contributed by atoms with Crippen LogP contribution in [-0.4, -0.2) is 41.8 Å². The first-order chi connectivity index (χ1) is 17.4. The zero-order chi connectivity index (χ0) is 27.3. The van der Waals surface area contributed by atoms with Crippen LogP contribution < -0.4 is 16.0 Å². The van der Waals surface area contributed by atoms with E-state index in [0.29, 0.717) is 42.3 Å². The number of anilines is 1. The van der Waals surface area contributed by atoms with Crippen molar-refractivity contribution in [2.24, 2.45) is 16.6 Å². The molecule has 2 aromatic carbocycles. The molecular weight excluding hydrogens is 507 g/mol. The number of carbonyl (C=O) groups excluding carboxylic acids is 2. The Bertz CT molecular complexity index is 1160. The number of alkyl halides is 3. The summed E-state index contributed by atoms with van der Waals surface area (Å²) in [5.74, 6) is 0.319. The highest BCUT2D eigenvalue weighted by atomic mass is 35.5. The fourth-order valence-electron chi connectivity index (χ4n) is 3.84. The van der Waals surface area contributed by atoms with E-state index < -0.39 is 17.8 Å². The highest BCUT2D eigenvalue weighted by Gasteiger charge is 2.31. The Morgan fingerprint density at radius 1 is 1.11 bits per heavy atom. The summed E-state index contributed by atoms with van der Waals surface area (Å²) in [5, 5.41) is 3.48. The number of piperidine rings is 1. The van der Waals surface area contributed by atoms with Crippen molar-refractivity contribution in [1.29, 1.82) is 0 Å². The first kappa shape index (κ1) is 28.0. The predicted molar refractivity (Wildman–Crippen MR) is 138 cm³/mol. The number of amides is 3. The van der Waals surface area contributed by atoms with E-state index in [9.17, 15) is 22.8 Å². The van der Waals surface area contributed by atoms with Gasteiger partial charge < -0.3 is 16.0 Å². The third-order valence-electron chi connectivity index (χ3n) is 5.95. The number of carbonyl (C=O) groups is 2. The van der Waals surface area contributed by atoms with Gasteiger partial charge >= 0.3 is 12.2 Å². The average molecular weight is 536 g/mol. The molecule has 1 aliphatic rings. The number of aliphatic imine (C=N–C) groups is 1. The summed E-state index contributed by atoms with van der Waals surface area (Å²) in [5.41, 5.74) is 5.39. The van der Waals surface area contributed by atoms with Crippen molar-refractivity contribution in [3.8, 4) is 0 Å². The molecule has 0 aromatic heterocycles. The highest BCUT2D eigenvalue weighted by Crippen LogP contribution is 2.31. The second-order valence-electron chi connectivity index (χ2n) is 9.00. The topological polar surface area (TPSA) is 91.0 Å². The third kappa shape index (κ3) is 7.25. The van der Waals surface area contributed by atoms with Crippen molar-refractivity contribution in [2.45, 2.75) is 38.9 Å². The van der Waals surface area contributed by atoms with E-state index in [-0.39, 0.29) is 29.4 Å². The third-order valence-corrected chi connectivity index (χ3v) is 6.21. The second kappa shape index (κ2) is 11.7. The van der Waals surface area contributed by atoms with Crippen molar-refractivity contribution in [2.75, 3.05) is 18.0 Å². The van der Waals surface area contributed by atoms with Crippen molar-refractivity contribution < 1.29 is 22.8 Å². The van der Waals surface area contributed by atoms with E-state index in [1.54, 1.807) is 24.3 Å². The predicted octanol–water partition coefficient (Wildman–Crippen LogP) is 5.40. The Hall–Kier alpha value is -3.53. The number of halogens is 4. The van der Waals surface area contributed by atoms with Crippen LogP contribution in [0.25, 0.3) is 0 Å². The van der Waals surface area contributed by atoms with Crippen molar-refractivity contribution >= 4 is 35.1 Å². The Morgan fingerprint density at radius 2 is 1.68 bits per heavy atom. The molecule has 0 saturated carbocycles. The van der Waals surface area contributed by atoms with Gasteiger partial charge in [0.15, 0.2) is 5.84 Å². The maximum atomic E-state index is 13.1. The molecule has 7 nitrogen and oxygen atoms in total. The van der Waals surface area contributed by atoms with Gasteiger partial charge in [0, 0.05) is 35.6 Å². The quantitative estimate of drug-likeness (QED) is 0.383. The van der Waals surface area contributed by atoms with Gasteiger partial charge in [-0.3, -0.25) is 4.79 Å². The van der Waals surface area contributed by atoms with E-state index in [1.807, 2.05) is 18.7 Å². The molecule has 1 saturated heterocycles. The lowest BCUT2D eigenvalue weighted by Crippen LogP contribution is -2.45. The molecule has 0 spiro atoms. The van der Waals surface area contributed by atoms with E-state index >= 15 is 0 Å². The first-order valence-corrected chi connectivity index (χ1v) is 12.1. The minimum Gasteiger partial charge on any atom is -0.357 e. The molecule has 11 heteroatoms. The van der Waals surface area contributed by atoms with Gasteiger partial charge in [-0.15, -0.1) is 0 Å². The number of nitrogens with one attached hydrogen (secondary N) is 1. The van der Waals surface area contributed by atoms with E-state index in [2.05, 4.69) is 16.9 Å². The van der Waals surface area contributed by atoms with Crippen molar-refractivity contribution in [3.05, 3.63) is 77.1 Å². The molecule has 1 fully saturated rings. The lowest BCUT2D eigenvalue weighted by molar-refractivity contribution is -0.137. The Labute approximate surface area is 218 Å². The molecule has 1 heterocycles. The maximum absolute atomic E-state index is 13.1. The van der Waals surface area contributed by atoms with E-state index in [4.69, 9.17) is 17.3 Å². The molecule has 0 bridgehead atoms.